The third-order valence-corrected chi connectivity index (χ3v) is 8.35. The van der Waals surface area contributed by atoms with Crippen molar-refractivity contribution in [1.29, 1.82) is 5.26 Å². The Bertz CT molecular complexity index is 1430. The standard InChI is InChI=1S/C25H22BrClF2N6O2.Zn/c1-24(2,12-30)11-25(16-4-6-17(26)7-5-16)23(37)34(14-32-25)20(10-36)15-3-8-18(27)19(9-15)35-22(21(28)29)31-13-33-35;/h3-9,13,20-21,32,36H,10-11H2,1-2H3;/t20-,25-;/m1./s1. The fourth-order valence-electron chi connectivity index (χ4n) is 4.69. The van der Waals surface area contributed by atoms with E-state index in [2.05, 4.69) is 37.4 Å². The minimum atomic E-state index is -2.88. The van der Waals surface area contributed by atoms with Crippen LogP contribution < -0.4 is 5.32 Å². The van der Waals surface area contributed by atoms with Crippen LogP contribution in [-0.4, -0.2) is 41.6 Å². The first-order valence-electron chi connectivity index (χ1n) is 11.5. The second-order valence-electron chi connectivity index (χ2n) is 9.57. The molecule has 0 unspecified atom stereocenters. The number of aliphatic hydroxyl groups excluding tert-OH is 1. The number of aliphatic hydroxyl groups is 1. The van der Waals surface area contributed by atoms with E-state index in [0.29, 0.717) is 33.3 Å². The molecule has 0 saturated carbocycles. The Morgan fingerprint density at radius 2 is 1.97 bits per heavy atom. The number of alkyl halides is 2. The maximum absolute atomic E-state index is 14.3. The van der Waals surface area contributed by atoms with Crippen LogP contribution in [0.2, 0.25) is 5.02 Å². The number of nitrogens with zero attached hydrogens (tertiary/aromatic N) is 5. The number of nitriles is 1. The number of halogens is 4. The number of hydrogen-bond acceptors (Lipinski definition) is 6. The number of rotatable bonds is 8. The Hall–Kier alpha value is -2.42. The van der Waals surface area contributed by atoms with E-state index in [1.54, 1.807) is 19.9 Å². The molecule has 38 heavy (non-hydrogen) atoms. The molecule has 2 heterocycles. The maximum atomic E-state index is 14.3. The Kier molecular flexibility index (Phi) is 8.27. The van der Waals surface area contributed by atoms with Gasteiger partial charge in [0.25, 0.3) is 0 Å². The molecule has 13 heteroatoms. The van der Waals surface area contributed by atoms with Gasteiger partial charge in [0.15, 0.2) is 0 Å². The van der Waals surface area contributed by atoms with Crippen molar-refractivity contribution in [3.8, 4) is 11.8 Å². The molecule has 1 aliphatic rings. The first-order valence-corrected chi connectivity index (χ1v) is 14.2. The van der Waals surface area contributed by atoms with Crippen molar-refractivity contribution in [3.63, 3.8) is 0 Å². The van der Waals surface area contributed by atoms with E-state index in [4.69, 9.17) is 11.6 Å². The van der Waals surface area contributed by atoms with Crippen molar-refractivity contribution < 1.29 is 36.5 Å². The number of nitrogens with one attached hydrogen (secondary N) is 1. The van der Waals surface area contributed by atoms with E-state index in [1.807, 2.05) is 24.3 Å². The summed E-state index contributed by atoms with van der Waals surface area (Å²) in [6.07, 6.45) is -1.70. The van der Waals surface area contributed by atoms with Crippen molar-refractivity contribution in [1.82, 2.24) is 25.0 Å². The third-order valence-electron chi connectivity index (χ3n) is 6.42. The van der Waals surface area contributed by atoms with Crippen molar-refractivity contribution in [2.24, 2.45) is 5.41 Å². The summed E-state index contributed by atoms with van der Waals surface area (Å²) in [6.45, 7) is 3.09. The van der Waals surface area contributed by atoms with Gasteiger partial charge in [-0.3, -0.25) is 0 Å². The van der Waals surface area contributed by atoms with Gasteiger partial charge in [-0.1, -0.05) is 0 Å². The summed E-state index contributed by atoms with van der Waals surface area (Å²) in [4.78, 5) is 19.4. The van der Waals surface area contributed by atoms with Crippen LogP contribution in [0, 0.1) is 16.7 Å². The van der Waals surface area contributed by atoms with Crippen LogP contribution in [0.1, 0.15) is 49.7 Å². The molecule has 194 valence electrons. The molecule has 0 bridgehead atoms. The Morgan fingerprint density at radius 1 is 1.29 bits per heavy atom. The Labute approximate surface area is 240 Å². The van der Waals surface area contributed by atoms with Crippen LogP contribution in [0.4, 0.5) is 8.78 Å². The molecule has 2 aromatic carbocycles. The first kappa shape index (κ1) is 28.6. The van der Waals surface area contributed by atoms with Crippen LogP contribution >= 0.6 is 27.5 Å². The molecule has 1 saturated heterocycles. The monoisotopic (exact) mass is 654 g/mol. The SMILES string of the molecule is CC(C)(C#N)C[C@]1(c2ccc(Br)cc2)N[C](=[Zn])N([C@H](CO)c2ccc(Cl)c(-n3ncnc3C(F)F)c2)C1=O. The molecule has 1 amide bonds. The molecule has 0 aliphatic carbocycles. The van der Waals surface area contributed by atoms with Gasteiger partial charge in [-0.25, -0.2) is 0 Å². The summed E-state index contributed by atoms with van der Waals surface area (Å²) in [5, 5.41) is 27.7. The van der Waals surface area contributed by atoms with E-state index < -0.39 is 35.9 Å². The van der Waals surface area contributed by atoms with Crippen molar-refractivity contribution >= 4 is 37.8 Å². The summed E-state index contributed by atoms with van der Waals surface area (Å²) in [5.41, 5.74) is -0.804. The Balaban J connectivity index is 1.80. The molecule has 4 rings (SSSR count). The van der Waals surface area contributed by atoms with Gasteiger partial charge in [-0.15, -0.1) is 0 Å². The van der Waals surface area contributed by atoms with Crippen molar-refractivity contribution in [2.45, 2.75) is 38.3 Å². The van der Waals surface area contributed by atoms with Gasteiger partial charge >= 0.3 is 242 Å². The second-order valence-corrected chi connectivity index (χ2v) is 12.3. The average Bonchev–Trinajstić information content (AvgIpc) is 3.45. The summed E-state index contributed by atoms with van der Waals surface area (Å²) >= 11 is 10.3. The Morgan fingerprint density at radius 3 is 2.58 bits per heavy atom. The third kappa shape index (κ3) is 5.23. The van der Waals surface area contributed by atoms with Gasteiger partial charge < -0.3 is 0 Å². The fraction of sp³-hybridized carbons (Fsp3) is 0.320. The predicted octanol–water partition coefficient (Wildman–Crippen LogP) is 4.56. The molecule has 0 radical (unpaired) electrons. The van der Waals surface area contributed by atoms with Gasteiger partial charge in [0.2, 0.25) is 0 Å². The number of carbonyl (C=O) groups is 1. The molecule has 1 aromatic heterocycles. The number of aromatic nitrogens is 3. The van der Waals surface area contributed by atoms with E-state index in [-0.39, 0.29) is 23.0 Å². The zero-order valence-corrected chi connectivity index (χ0v) is 25.8. The number of hydrogen-bond donors (Lipinski definition) is 2. The van der Waals surface area contributed by atoms with Crippen LogP contribution in [0.3, 0.4) is 0 Å². The summed E-state index contributed by atoms with van der Waals surface area (Å²) < 4.78 is 29.4. The van der Waals surface area contributed by atoms with E-state index in [0.717, 1.165) is 15.5 Å². The summed E-state index contributed by atoms with van der Waals surface area (Å²) in [5.74, 6) is -0.903. The topological polar surface area (TPSA) is 107 Å². The molecular weight excluding hydrogens is 635 g/mol. The minimum absolute atomic E-state index is 0.147. The number of carbonyl (C=O) groups excluding carboxylic acids is 1. The first-order chi connectivity index (χ1) is 17.9. The van der Waals surface area contributed by atoms with Crippen LogP contribution in [-0.2, 0) is 28.2 Å². The summed E-state index contributed by atoms with van der Waals surface area (Å²) in [7, 11) is 0. The predicted molar refractivity (Wildman–Crippen MR) is 136 cm³/mol. The van der Waals surface area contributed by atoms with Gasteiger partial charge in [0.1, 0.15) is 0 Å². The van der Waals surface area contributed by atoms with Crippen molar-refractivity contribution in [3.05, 3.63) is 75.2 Å². The molecule has 2 atom stereocenters. The molecular formula is C25H22BrClF2N6O2Zn. The average molecular weight is 657 g/mol. The van der Waals surface area contributed by atoms with Gasteiger partial charge in [0, 0.05) is 0 Å². The molecule has 8 nitrogen and oxygen atoms in total. The molecule has 2 N–H and O–H groups in total. The quantitative estimate of drug-likeness (QED) is 0.345. The van der Waals surface area contributed by atoms with Gasteiger partial charge in [-0.2, -0.15) is 0 Å². The zero-order valence-electron chi connectivity index (χ0n) is 20.5. The summed E-state index contributed by atoms with van der Waals surface area (Å²) in [6, 6.07) is 13.4. The zero-order chi connectivity index (χ0) is 27.8. The van der Waals surface area contributed by atoms with Crippen molar-refractivity contribution in [2.75, 3.05) is 6.61 Å². The van der Waals surface area contributed by atoms with Gasteiger partial charge in [-0.05, 0) is 0 Å². The van der Waals surface area contributed by atoms with Crippen LogP contribution in [0.25, 0.3) is 5.69 Å². The fourth-order valence-corrected chi connectivity index (χ4v) is 6.55. The van der Waals surface area contributed by atoms with Crippen LogP contribution in [0.15, 0.2) is 53.3 Å². The molecule has 1 fully saturated rings. The van der Waals surface area contributed by atoms with E-state index >= 15 is 0 Å². The van der Waals surface area contributed by atoms with E-state index in [9.17, 15) is 23.9 Å². The number of amides is 1. The molecule has 3 aromatic rings. The molecule has 0 spiro atoms. The molecule has 1 aliphatic heterocycles. The second kappa shape index (κ2) is 11.0. The van der Waals surface area contributed by atoms with E-state index in [1.165, 1.54) is 17.0 Å². The van der Waals surface area contributed by atoms with Gasteiger partial charge in [0.05, 0.1) is 0 Å². The van der Waals surface area contributed by atoms with Crippen LogP contribution in [0.5, 0.6) is 0 Å². The normalized spacial score (nSPS) is 18.8. The number of benzene rings is 2.